The van der Waals surface area contributed by atoms with Crippen LogP contribution in [0.3, 0.4) is 0 Å². The molecule has 0 radical (unpaired) electrons. The van der Waals surface area contributed by atoms with Gasteiger partial charge in [-0.25, -0.2) is 0 Å². The topological polar surface area (TPSA) is 52.6 Å². The Hall–Kier alpha value is -0.610. The molecule has 0 aliphatic carbocycles. The molecular weight excluding hydrogens is 180 g/mol. The summed E-state index contributed by atoms with van der Waals surface area (Å²) < 4.78 is 0. The molecule has 80 valence electrons. The van der Waals surface area contributed by atoms with Gasteiger partial charge in [-0.2, -0.15) is 0 Å². The highest BCUT2D eigenvalue weighted by Crippen LogP contribution is 2.14. The summed E-state index contributed by atoms with van der Waals surface area (Å²) in [5.41, 5.74) is 0. The van der Waals surface area contributed by atoms with Gasteiger partial charge in [-0.3, -0.25) is 4.79 Å². The van der Waals surface area contributed by atoms with Crippen LogP contribution in [0.4, 0.5) is 0 Å². The van der Waals surface area contributed by atoms with Gasteiger partial charge in [0.15, 0.2) is 0 Å². The number of likely N-dealkylation sites (tertiary alicyclic amines) is 1. The molecule has 2 atom stereocenters. The summed E-state index contributed by atoms with van der Waals surface area (Å²) in [4.78, 5) is 13.8. The Balaban J connectivity index is 1.87. The van der Waals surface area contributed by atoms with Gasteiger partial charge in [0, 0.05) is 19.6 Å². The fraction of sp³-hybridized carbons (Fsp3) is 0.900. The Bertz CT molecular complexity index is 207. The van der Waals surface area contributed by atoms with Crippen LogP contribution in [0.15, 0.2) is 0 Å². The maximum Gasteiger partial charge on any atom is 0.239 e. The van der Waals surface area contributed by atoms with Crippen molar-refractivity contribution in [2.75, 3.05) is 19.6 Å². The molecule has 0 spiro atoms. The van der Waals surface area contributed by atoms with Crippen LogP contribution in [0, 0.1) is 0 Å². The van der Waals surface area contributed by atoms with Crippen molar-refractivity contribution in [3.63, 3.8) is 0 Å². The molecule has 2 fully saturated rings. The molecule has 2 aliphatic heterocycles. The second-order valence-corrected chi connectivity index (χ2v) is 4.24. The number of aliphatic hydroxyl groups excluding tert-OH is 1. The van der Waals surface area contributed by atoms with Crippen molar-refractivity contribution >= 4 is 5.91 Å². The van der Waals surface area contributed by atoms with Crippen molar-refractivity contribution in [2.24, 2.45) is 0 Å². The van der Waals surface area contributed by atoms with Gasteiger partial charge in [-0.05, 0) is 25.7 Å². The molecule has 0 unspecified atom stereocenters. The number of aliphatic hydroxyl groups is 1. The first-order valence-electron chi connectivity index (χ1n) is 5.47. The fourth-order valence-electron chi connectivity index (χ4n) is 2.24. The number of piperidine rings is 1. The van der Waals surface area contributed by atoms with Gasteiger partial charge >= 0.3 is 0 Å². The minimum absolute atomic E-state index is 0.136. The van der Waals surface area contributed by atoms with Crippen molar-refractivity contribution in [3.8, 4) is 0 Å². The first-order valence-corrected chi connectivity index (χ1v) is 5.47. The predicted molar refractivity (Wildman–Crippen MR) is 52.8 cm³/mol. The molecule has 0 aromatic rings. The lowest BCUT2D eigenvalue weighted by atomic mass is 10.1. The lowest BCUT2D eigenvalue weighted by Gasteiger charge is -2.29. The zero-order valence-corrected chi connectivity index (χ0v) is 8.41. The average molecular weight is 198 g/mol. The number of hydrogen-bond acceptors (Lipinski definition) is 3. The van der Waals surface area contributed by atoms with E-state index in [-0.39, 0.29) is 18.1 Å². The second-order valence-electron chi connectivity index (χ2n) is 4.24. The maximum absolute atomic E-state index is 11.9. The van der Waals surface area contributed by atoms with Gasteiger partial charge < -0.3 is 15.3 Å². The van der Waals surface area contributed by atoms with Crippen molar-refractivity contribution in [3.05, 3.63) is 0 Å². The van der Waals surface area contributed by atoms with E-state index in [1.54, 1.807) is 0 Å². The normalized spacial score (nSPS) is 33.4. The van der Waals surface area contributed by atoms with Gasteiger partial charge in [-0.15, -0.1) is 0 Å². The Morgan fingerprint density at radius 3 is 2.57 bits per heavy atom. The molecule has 0 saturated carbocycles. The van der Waals surface area contributed by atoms with E-state index in [1.807, 2.05) is 4.90 Å². The van der Waals surface area contributed by atoms with Gasteiger partial charge in [-0.1, -0.05) is 0 Å². The summed E-state index contributed by atoms with van der Waals surface area (Å²) in [5, 5.41) is 12.4. The van der Waals surface area contributed by atoms with E-state index in [1.165, 1.54) is 6.42 Å². The third-order valence-corrected chi connectivity index (χ3v) is 3.07. The first-order chi connectivity index (χ1) is 6.77. The van der Waals surface area contributed by atoms with Gasteiger partial charge in [0.1, 0.15) is 0 Å². The zero-order chi connectivity index (χ0) is 9.97. The highest BCUT2D eigenvalue weighted by molar-refractivity contribution is 5.82. The largest absolute Gasteiger partial charge is 0.392 e. The quantitative estimate of drug-likeness (QED) is 0.609. The lowest BCUT2D eigenvalue weighted by molar-refractivity contribution is -0.134. The molecule has 0 aromatic heterocycles. The minimum Gasteiger partial charge on any atom is -0.392 e. The highest BCUT2D eigenvalue weighted by Gasteiger charge is 2.31. The predicted octanol–water partition coefficient (Wildman–Crippen LogP) is -0.278. The van der Waals surface area contributed by atoms with Crippen LogP contribution in [0.5, 0.6) is 0 Å². The van der Waals surface area contributed by atoms with Gasteiger partial charge in [0.2, 0.25) is 5.91 Å². The van der Waals surface area contributed by atoms with Crippen LogP contribution in [0.2, 0.25) is 0 Å². The molecule has 14 heavy (non-hydrogen) atoms. The number of rotatable bonds is 1. The Morgan fingerprint density at radius 1 is 1.29 bits per heavy atom. The summed E-state index contributed by atoms with van der Waals surface area (Å²) >= 11 is 0. The van der Waals surface area contributed by atoms with Crippen LogP contribution in [-0.2, 0) is 4.79 Å². The number of nitrogens with zero attached hydrogens (tertiary/aromatic N) is 1. The van der Waals surface area contributed by atoms with E-state index in [0.29, 0.717) is 13.0 Å². The van der Waals surface area contributed by atoms with Crippen molar-refractivity contribution < 1.29 is 9.90 Å². The number of nitrogens with one attached hydrogen (secondary N) is 1. The SMILES string of the molecule is O=C([C@H]1C[C@H](O)CN1)N1CCCCC1. The van der Waals surface area contributed by atoms with E-state index in [0.717, 1.165) is 25.9 Å². The highest BCUT2D eigenvalue weighted by atomic mass is 16.3. The molecule has 0 bridgehead atoms. The monoisotopic (exact) mass is 198 g/mol. The summed E-state index contributed by atoms with van der Waals surface area (Å²) in [6, 6.07) is -0.136. The van der Waals surface area contributed by atoms with E-state index < -0.39 is 0 Å². The molecule has 0 aromatic carbocycles. The van der Waals surface area contributed by atoms with Crippen LogP contribution in [0.25, 0.3) is 0 Å². The molecule has 2 rings (SSSR count). The number of β-amino-alcohol motifs (C(OH)–C–C–N with tert-alkyl or cyclic N) is 1. The smallest absolute Gasteiger partial charge is 0.239 e. The summed E-state index contributed by atoms with van der Waals surface area (Å²) in [5.74, 6) is 0.182. The fourth-order valence-corrected chi connectivity index (χ4v) is 2.24. The Labute approximate surface area is 84.3 Å². The number of hydrogen-bond donors (Lipinski definition) is 2. The van der Waals surface area contributed by atoms with Crippen LogP contribution < -0.4 is 5.32 Å². The second kappa shape index (κ2) is 4.28. The maximum atomic E-state index is 11.9. The van der Waals surface area contributed by atoms with Crippen molar-refractivity contribution in [1.82, 2.24) is 10.2 Å². The summed E-state index contributed by atoms with van der Waals surface area (Å²) in [6.07, 6.45) is 3.73. The molecule has 2 saturated heterocycles. The first kappa shape index (κ1) is 9.93. The molecular formula is C10H18N2O2. The van der Waals surface area contributed by atoms with Gasteiger partial charge in [0.05, 0.1) is 12.1 Å². The third-order valence-electron chi connectivity index (χ3n) is 3.07. The van der Waals surface area contributed by atoms with E-state index in [2.05, 4.69) is 5.32 Å². The Morgan fingerprint density at radius 2 is 2.00 bits per heavy atom. The van der Waals surface area contributed by atoms with E-state index >= 15 is 0 Å². The van der Waals surface area contributed by atoms with Crippen molar-refractivity contribution in [2.45, 2.75) is 37.8 Å². The zero-order valence-electron chi connectivity index (χ0n) is 8.41. The molecule has 2 heterocycles. The van der Waals surface area contributed by atoms with Crippen LogP contribution in [-0.4, -0.2) is 47.7 Å². The third kappa shape index (κ3) is 2.07. The lowest BCUT2D eigenvalue weighted by Crippen LogP contribution is -2.45. The van der Waals surface area contributed by atoms with Crippen LogP contribution >= 0.6 is 0 Å². The average Bonchev–Trinajstić information content (AvgIpc) is 2.65. The minimum atomic E-state index is -0.339. The number of carbonyl (C=O) groups is 1. The molecule has 4 nitrogen and oxygen atoms in total. The summed E-state index contributed by atoms with van der Waals surface area (Å²) in [6.45, 7) is 2.35. The van der Waals surface area contributed by atoms with E-state index in [4.69, 9.17) is 0 Å². The van der Waals surface area contributed by atoms with E-state index in [9.17, 15) is 9.90 Å². The molecule has 1 amide bonds. The summed E-state index contributed by atoms with van der Waals surface area (Å²) in [7, 11) is 0. The van der Waals surface area contributed by atoms with Crippen LogP contribution in [0.1, 0.15) is 25.7 Å². The van der Waals surface area contributed by atoms with Gasteiger partial charge in [0.25, 0.3) is 0 Å². The number of amides is 1. The molecule has 4 heteroatoms. The van der Waals surface area contributed by atoms with Crippen molar-refractivity contribution in [1.29, 1.82) is 0 Å². The Kier molecular flexibility index (Phi) is 3.03. The standard InChI is InChI=1S/C10H18N2O2/c13-8-6-9(11-7-8)10(14)12-4-2-1-3-5-12/h8-9,11,13H,1-7H2/t8-,9+/m0/s1. The molecule has 2 N–H and O–H groups in total. The number of carbonyl (C=O) groups excluding carboxylic acids is 1. The molecule has 2 aliphatic rings.